The summed E-state index contributed by atoms with van der Waals surface area (Å²) in [5.74, 6) is -0.534. The normalized spacial score (nSPS) is 22.5. The number of piperidine rings is 1. The van der Waals surface area contributed by atoms with Crippen LogP contribution in [0.4, 0.5) is 4.39 Å². The van der Waals surface area contributed by atoms with Gasteiger partial charge in [-0.25, -0.2) is 9.37 Å². The molecular weight excluding hydrogens is 385 g/mol. The first kappa shape index (κ1) is 20.1. The monoisotopic (exact) mass is 409 g/mol. The van der Waals surface area contributed by atoms with Crippen LogP contribution >= 0.6 is 0 Å². The van der Waals surface area contributed by atoms with Crippen molar-refractivity contribution in [3.8, 4) is 6.07 Å². The number of carbonyl (C=O) groups excluding carboxylic acids is 2. The van der Waals surface area contributed by atoms with E-state index in [2.05, 4.69) is 10.3 Å². The van der Waals surface area contributed by atoms with Gasteiger partial charge in [0.2, 0.25) is 5.91 Å². The maximum Gasteiger partial charge on any atom is 0.256 e. The number of nitrogens with one attached hydrogen (secondary N) is 1. The molecule has 7 nitrogen and oxygen atoms in total. The Morgan fingerprint density at radius 3 is 2.97 bits per heavy atom. The van der Waals surface area contributed by atoms with Gasteiger partial charge in [-0.2, -0.15) is 5.26 Å². The van der Waals surface area contributed by atoms with Crippen molar-refractivity contribution in [2.75, 3.05) is 19.6 Å². The molecule has 1 N–H and O–H groups in total. The zero-order valence-corrected chi connectivity index (χ0v) is 16.6. The van der Waals surface area contributed by atoms with Crippen LogP contribution in [0.15, 0.2) is 36.9 Å². The minimum atomic E-state index is -0.679. The summed E-state index contributed by atoms with van der Waals surface area (Å²) >= 11 is 0. The minimum Gasteiger partial charge on any atom is -0.356 e. The smallest absolute Gasteiger partial charge is 0.256 e. The lowest BCUT2D eigenvalue weighted by molar-refractivity contribution is -0.136. The number of nitriles is 1. The summed E-state index contributed by atoms with van der Waals surface area (Å²) in [5.41, 5.74) is 0.166. The Kier molecular flexibility index (Phi) is 5.79. The van der Waals surface area contributed by atoms with Crippen molar-refractivity contribution in [1.29, 1.82) is 5.26 Å². The SMILES string of the molecule is N#Cc1ccc(C(=O)N2CC[C@@H]3C[C@@H](C(=O)NCCCn4ccnc4)[C@@H]3C2)c(F)c1. The van der Waals surface area contributed by atoms with Crippen molar-refractivity contribution in [3.05, 3.63) is 53.9 Å². The van der Waals surface area contributed by atoms with Gasteiger partial charge in [-0.1, -0.05) is 0 Å². The number of imidazole rings is 1. The van der Waals surface area contributed by atoms with Crippen molar-refractivity contribution in [2.45, 2.75) is 25.8 Å². The number of aromatic nitrogens is 2. The number of likely N-dealkylation sites (tertiary alicyclic amines) is 1. The molecule has 1 saturated heterocycles. The van der Waals surface area contributed by atoms with Gasteiger partial charge in [0.1, 0.15) is 5.82 Å². The summed E-state index contributed by atoms with van der Waals surface area (Å²) in [5, 5.41) is 11.9. The highest BCUT2D eigenvalue weighted by molar-refractivity contribution is 5.94. The topological polar surface area (TPSA) is 91.0 Å². The highest BCUT2D eigenvalue weighted by Crippen LogP contribution is 2.45. The van der Waals surface area contributed by atoms with Crippen LogP contribution in [0.5, 0.6) is 0 Å². The second-order valence-electron chi connectivity index (χ2n) is 8.06. The van der Waals surface area contributed by atoms with Crippen molar-refractivity contribution in [3.63, 3.8) is 0 Å². The Labute approximate surface area is 174 Å². The van der Waals surface area contributed by atoms with Crippen LogP contribution in [0.1, 0.15) is 35.2 Å². The summed E-state index contributed by atoms with van der Waals surface area (Å²) in [6, 6.07) is 5.77. The van der Waals surface area contributed by atoms with Crippen LogP contribution in [-0.2, 0) is 11.3 Å². The van der Waals surface area contributed by atoms with Gasteiger partial charge in [0.05, 0.1) is 23.5 Å². The van der Waals surface area contributed by atoms with Gasteiger partial charge in [-0.3, -0.25) is 9.59 Å². The largest absolute Gasteiger partial charge is 0.356 e. The van der Waals surface area contributed by atoms with E-state index in [4.69, 9.17) is 5.26 Å². The van der Waals surface area contributed by atoms with Gasteiger partial charge in [0.15, 0.2) is 0 Å². The van der Waals surface area contributed by atoms with Gasteiger partial charge in [0, 0.05) is 44.5 Å². The quantitative estimate of drug-likeness (QED) is 0.741. The summed E-state index contributed by atoms with van der Waals surface area (Å²) in [4.78, 5) is 31.0. The number of benzene rings is 1. The van der Waals surface area contributed by atoms with Crippen molar-refractivity contribution >= 4 is 11.8 Å². The van der Waals surface area contributed by atoms with E-state index in [0.29, 0.717) is 25.6 Å². The first-order valence-electron chi connectivity index (χ1n) is 10.3. The molecule has 2 heterocycles. The number of nitrogens with zero attached hydrogens (tertiary/aromatic N) is 4. The van der Waals surface area contributed by atoms with Crippen LogP contribution < -0.4 is 5.32 Å². The average Bonchev–Trinajstić information content (AvgIpc) is 3.25. The number of amides is 2. The zero-order chi connectivity index (χ0) is 21.1. The van der Waals surface area contributed by atoms with E-state index >= 15 is 0 Å². The summed E-state index contributed by atoms with van der Waals surface area (Å²) < 4.78 is 16.2. The maximum atomic E-state index is 14.2. The molecule has 2 aromatic rings. The molecule has 0 unspecified atom stereocenters. The third kappa shape index (κ3) is 4.06. The van der Waals surface area contributed by atoms with E-state index in [1.807, 2.05) is 16.8 Å². The summed E-state index contributed by atoms with van der Waals surface area (Å²) in [6.07, 6.45) is 7.88. The molecule has 0 spiro atoms. The number of carbonyl (C=O) groups is 2. The van der Waals surface area contributed by atoms with Crippen LogP contribution in [0.2, 0.25) is 0 Å². The molecule has 1 aliphatic carbocycles. The Morgan fingerprint density at radius 2 is 2.23 bits per heavy atom. The van der Waals surface area contributed by atoms with Gasteiger partial charge in [-0.15, -0.1) is 0 Å². The van der Waals surface area contributed by atoms with Crippen LogP contribution in [0.3, 0.4) is 0 Å². The predicted octanol–water partition coefficient (Wildman–Crippen LogP) is 2.20. The van der Waals surface area contributed by atoms with Gasteiger partial charge in [-0.05, 0) is 49.3 Å². The lowest BCUT2D eigenvalue weighted by Crippen LogP contribution is -2.56. The van der Waals surface area contributed by atoms with Crippen molar-refractivity contribution in [2.24, 2.45) is 17.8 Å². The molecule has 4 rings (SSSR count). The molecule has 1 aromatic heterocycles. The second-order valence-corrected chi connectivity index (χ2v) is 8.06. The Balaban J connectivity index is 1.30. The van der Waals surface area contributed by atoms with Gasteiger partial charge in [0.25, 0.3) is 5.91 Å². The summed E-state index contributed by atoms with van der Waals surface area (Å²) in [7, 11) is 0. The first-order chi connectivity index (χ1) is 14.6. The fourth-order valence-electron chi connectivity index (χ4n) is 4.52. The lowest BCUT2D eigenvalue weighted by Gasteiger charge is -2.50. The summed E-state index contributed by atoms with van der Waals surface area (Å²) in [6.45, 7) is 2.44. The maximum absolute atomic E-state index is 14.2. The highest BCUT2D eigenvalue weighted by atomic mass is 19.1. The minimum absolute atomic E-state index is 0.0210. The van der Waals surface area contributed by atoms with E-state index in [1.54, 1.807) is 17.4 Å². The zero-order valence-electron chi connectivity index (χ0n) is 16.6. The predicted molar refractivity (Wildman–Crippen MR) is 107 cm³/mol. The van der Waals surface area contributed by atoms with Gasteiger partial charge < -0.3 is 14.8 Å². The van der Waals surface area contributed by atoms with E-state index in [9.17, 15) is 14.0 Å². The van der Waals surface area contributed by atoms with E-state index in [1.165, 1.54) is 12.1 Å². The number of hydrogen-bond donors (Lipinski definition) is 1. The molecule has 3 atom stereocenters. The average molecular weight is 409 g/mol. The Bertz CT molecular complexity index is 968. The number of fused-ring (bicyclic) bond motifs is 1. The molecule has 2 aliphatic rings. The second kappa shape index (κ2) is 8.66. The molecule has 156 valence electrons. The first-order valence-corrected chi connectivity index (χ1v) is 10.3. The van der Waals surface area contributed by atoms with E-state index in [0.717, 1.165) is 31.9 Å². The number of hydrogen-bond acceptors (Lipinski definition) is 4. The fraction of sp³-hybridized carbons (Fsp3) is 0.455. The molecule has 0 bridgehead atoms. The van der Waals surface area contributed by atoms with Crippen LogP contribution in [0.25, 0.3) is 0 Å². The molecule has 30 heavy (non-hydrogen) atoms. The number of rotatable bonds is 6. The van der Waals surface area contributed by atoms with Crippen molar-refractivity contribution in [1.82, 2.24) is 19.8 Å². The molecule has 2 amide bonds. The standard InChI is InChI=1S/C22H24FN5O2/c23-20-10-15(12-24)2-3-17(20)22(30)28-8-4-16-11-18(19(16)13-28)21(29)26-5-1-7-27-9-6-25-14-27/h2-3,6,9-10,14,16,18-19H,1,4-5,7-8,11,13H2,(H,26,29)/t16-,18-,19-/m1/s1. The van der Waals surface area contributed by atoms with E-state index < -0.39 is 5.82 Å². The Hall–Kier alpha value is -3.21. The number of aryl methyl sites for hydroxylation is 1. The highest BCUT2D eigenvalue weighted by Gasteiger charge is 2.48. The van der Waals surface area contributed by atoms with E-state index in [-0.39, 0.29) is 34.8 Å². The third-order valence-electron chi connectivity index (χ3n) is 6.28. The molecule has 1 aromatic carbocycles. The molecule has 8 heteroatoms. The molecule has 1 aliphatic heterocycles. The molecule has 0 radical (unpaired) electrons. The lowest BCUT2D eigenvalue weighted by atomic mass is 9.61. The number of halogens is 1. The van der Waals surface area contributed by atoms with Crippen LogP contribution in [0, 0.1) is 34.9 Å². The third-order valence-corrected chi connectivity index (χ3v) is 6.28. The van der Waals surface area contributed by atoms with Crippen molar-refractivity contribution < 1.29 is 14.0 Å². The van der Waals surface area contributed by atoms with Crippen LogP contribution in [-0.4, -0.2) is 45.9 Å². The van der Waals surface area contributed by atoms with Gasteiger partial charge >= 0.3 is 0 Å². The molecular formula is C22H24FN5O2. The fourth-order valence-corrected chi connectivity index (χ4v) is 4.52. The molecule has 2 fully saturated rings. The molecule has 1 saturated carbocycles. The Morgan fingerprint density at radius 1 is 1.37 bits per heavy atom.